The molecule has 2 heterocycles. The van der Waals surface area contributed by atoms with Gasteiger partial charge in [0.25, 0.3) is 8.32 Å². The molecule has 0 saturated carbocycles. The topological polar surface area (TPSA) is 137 Å². The van der Waals surface area contributed by atoms with Gasteiger partial charge in [0.05, 0.1) is 30.2 Å². The first-order valence-electron chi connectivity index (χ1n) is 18.2. The number of allylic oxidation sites excluding steroid dienone is 1. The molecule has 1 aliphatic carbocycles. The fourth-order valence-corrected chi connectivity index (χ4v) is 13.5. The monoisotopic (exact) mass is 729 g/mol. The number of benzene rings is 4. The molecular formula is C41H45B2NO8Si. The molecular weight excluding hydrogens is 684 g/mol. The van der Waals surface area contributed by atoms with Crippen molar-refractivity contribution >= 4 is 55.9 Å². The maximum absolute atomic E-state index is 14.5. The summed E-state index contributed by atoms with van der Waals surface area (Å²) >= 11 is 0. The predicted octanol–water partition coefficient (Wildman–Crippen LogP) is 3.87. The van der Waals surface area contributed by atoms with E-state index >= 15 is 0 Å². The second-order valence-electron chi connectivity index (χ2n) is 15.7. The summed E-state index contributed by atoms with van der Waals surface area (Å²) in [6, 6.07) is 30.3. The van der Waals surface area contributed by atoms with Crippen molar-refractivity contribution < 1.29 is 38.8 Å². The molecule has 2 fully saturated rings. The lowest BCUT2D eigenvalue weighted by atomic mass is 9.55. The van der Waals surface area contributed by atoms with Crippen molar-refractivity contribution in [3.05, 3.63) is 125 Å². The standard InChI is InChI=1S/C41H45B2NO8Si/c1-25-19-27(20-26(2)38(25)45)35-23-33-36-34(39(46)44(40(36)47)30-14-12-13-29(22-30)42(48)49)21-28(37(33)43(50)52-35)24-51-53(41(3,4)5,31-15-8-6-9-16-31)32-17-10-7-11-18-32/h6-20,22,33-36,45,48-50H,21,23-24H2,1-5H3/t33-,34-,35-,36+/m0/s1. The Hall–Kier alpha value is -4.29. The molecule has 0 spiro atoms. The summed E-state index contributed by atoms with van der Waals surface area (Å²) in [6.07, 6.45) is -0.0952. The summed E-state index contributed by atoms with van der Waals surface area (Å²) in [5.41, 5.74) is 3.86. The fourth-order valence-electron chi connectivity index (χ4n) is 8.97. The third-order valence-corrected chi connectivity index (χ3v) is 16.4. The van der Waals surface area contributed by atoms with Gasteiger partial charge in [-0.2, -0.15) is 0 Å². The zero-order valence-corrected chi connectivity index (χ0v) is 31.7. The number of carbonyl (C=O) groups excluding carboxylic acids is 2. The minimum absolute atomic E-state index is 0.124. The van der Waals surface area contributed by atoms with Crippen molar-refractivity contribution in [1.82, 2.24) is 0 Å². The summed E-state index contributed by atoms with van der Waals surface area (Å²) in [5.74, 6) is -2.65. The van der Waals surface area contributed by atoms with Crippen LogP contribution < -0.4 is 20.7 Å². The zero-order valence-electron chi connectivity index (χ0n) is 30.7. The molecule has 7 rings (SSSR count). The van der Waals surface area contributed by atoms with E-state index in [4.69, 9.17) is 9.08 Å². The SMILES string of the molecule is Cc1cc([C@@H]2C[C@@H]3C(=C(CO[Si](c4ccccc4)(c4ccccc4)C(C)(C)C)C[C@@H]4C(=O)N(c5cccc(B(O)O)c5)C(=O)[C@@H]43)B(O)O2)cc(C)c1O. The van der Waals surface area contributed by atoms with Crippen molar-refractivity contribution in [1.29, 1.82) is 0 Å². The van der Waals surface area contributed by atoms with Crippen LogP contribution in [0, 0.1) is 31.6 Å². The van der Waals surface area contributed by atoms with Gasteiger partial charge in [-0.05, 0) is 105 Å². The van der Waals surface area contributed by atoms with E-state index in [1.54, 1.807) is 12.1 Å². The normalized spacial score (nSPS) is 21.9. The molecule has 53 heavy (non-hydrogen) atoms. The van der Waals surface area contributed by atoms with Gasteiger partial charge in [0.1, 0.15) is 5.75 Å². The molecule has 12 heteroatoms. The Bertz CT molecular complexity index is 2010. The third-order valence-electron chi connectivity index (χ3n) is 11.4. The van der Waals surface area contributed by atoms with Crippen molar-refractivity contribution in [2.45, 2.75) is 58.6 Å². The smallest absolute Gasteiger partial charge is 0.488 e. The minimum Gasteiger partial charge on any atom is -0.507 e. The predicted molar refractivity (Wildman–Crippen MR) is 208 cm³/mol. The Balaban J connectivity index is 1.33. The second-order valence-corrected chi connectivity index (χ2v) is 20.0. The van der Waals surface area contributed by atoms with Crippen LogP contribution in [0.5, 0.6) is 5.75 Å². The molecule has 4 aromatic carbocycles. The van der Waals surface area contributed by atoms with Gasteiger partial charge in [-0.3, -0.25) is 14.5 Å². The van der Waals surface area contributed by atoms with Crippen LogP contribution in [0.15, 0.2) is 108 Å². The number of amides is 2. The lowest BCUT2D eigenvalue weighted by molar-refractivity contribution is -0.123. The van der Waals surface area contributed by atoms with Crippen molar-refractivity contribution in [2.75, 3.05) is 11.5 Å². The van der Waals surface area contributed by atoms with Gasteiger partial charge < -0.3 is 29.3 Å². The van der Waals surface area contributed by atoms with Crippen molar-refractivity contribution in [3.8, 4) is 5.75 Å². The summed E-state index contributed by atoms with van der Waals surface area (Å²) < 4.78 is 13.7. The molecule has 2 aliphatic heterocycles. The van der Waals surface area contributed by atoms with Gasteiger partial charge in [0.2, 0.25) is 11.8 Å². The van der Waals surface area contributed by atoms with Crippen LogP contribution in [0.2, 0.25) is 5.04 Å². The number of carbonyl (C=O) groups is 2. The molecule has 3 aliphatic rings. The van der Waals surface area contributed by atoms with Crippen molar-refractivity contribution in [3.63, 3.8) is 0 Å². The third kappa shape index (κ3) is 6.41. The highest BCUT2D eigenvalue weighted by Gasteiger charge is 2.59. The van der Waals surface area contributed by atoms with E-state index in [1.165, 1.54) is 12.1 Å². The number of imide groups is 1. The van der Waals surface area contributed by atoms with Crippen LogP contribution in [0.1, 0.15) is 56.4 Å². The number of anilines is 1. The Morgan fingerprint density at radius 1 is 0.868 bits per heavy atom. The van der Waals surface area contributed by atoms with Gasteiger partial charge in [-0.25, -0.2) is 0 Å². The zero-order chi connectivity index (χ0) is 37.8. The highest BCUT2D eigenvalue weighted by Crippen LogP contribution is 2.52. The van der Waals surface area contributed by atoms with Gasteiger partial charge in [0, 0.05) is 0 Å². The van der Waals surface area contributed by atoms with E-state index in [0.29, 0.717) is 23.0 Å². The van der Waals surface area contributed by atoms with Gasteiger partial charge in [0.15, 0.2) is 0 Å². The molecule has 4 aromatic rings. The summed E-state index contributed by atoms with van der Waals surface area (Å²) in [7, 11) is -6.17. The fraction of sp³-hybridized carbons (Fsp3) is 0.317. The van der Waals surface area contributed by atoms with Crippen LogP contribution >= 0.6 is 0 Å². The average Bonchev–Trinajstić information content (AvgIpc) is 3.39. The van der Waals surface area contributed by atoms with Crippen LogP contribution in [0.4, 0.5) is 5.69 Å². The number of nitrogens with zero attached hydrogens (tertiary/aromatic N) is 1. The molecule has 0 bridgehead atoms. The lowest BCUT2D eigenvalue weighted by Crippen LogP contribution is -2.66. The summed E-state index contributed by atoms with van der Waals surface area (Å²) in [4.78, 5) is 30.1. The van der Waals surface area contributed by atoms with E-state index in [0.717, 1.165) is 26.4 Å². The first-order chi connectivity index (χ1) is 25.2. The first kappa shape index (κ1) is 37.0. The van der Waals surface area contributed by atoms with Gasteiger partial charge in [-0.15, -0.1) is 0 Å². The maximum atomic E-state index is 14.5. The van der Waals surface area contributed by atoms with E-state index in [1.807, 2.05) is 62.4 Å². The molecule has 4 N–H and O–H groups in total. The molecule has 0 radical (unpaired) electrons. The van der Waals surface area contributed by atoms with Crippen molar-refractivity contribution in [2.24, 2.45) is 17.8 Å². The molecule has 4 atom stereocenters. The molecule has 9 nitrogen and oxygen atoms in total. The van der Waals surface area contributed by atoms with Crippen LogP contribution in [0.3, 0.4) is 0 Å². The molecule has 272 valence electrons. The Morgan fingerprint density at radius 2 is 1.47 bits per heavy atom. The van der Waals surface area contributed by atoms with Gasteiger partial charge in [-0.1, -0.05) is 93.6 Å². The number of hydrogen-bond donors (Lipinski definition) is 4. The van der Waals surface area contributed by atoms with E-state index in [2.05, 4.69) is 45.0 Å². The summed E-state index contributed by atoms with van der Waals surface area (Å²) in [6.45, 7) is 10.3. The highest BCUT2D eigenvalue weighted by molar-refractivity contribution is 6.99. The Morgan fingerprint density at radius 3 is 2.04 bits per heavy atom. The largest absolute Gasteiger partial charge is 0.507 e. The number of rotatable bonds is 8. The molecule has 2 amide bonds. The second kappa shape index (κ2) is 14.2. The number of aryl methyl sites for hydroxylation is 2. The average molecular weight is 730 g/mol. The number of phenolic OH excluding ortho intramolecular Hbond substituents is 1. The summed E-state index contributed by atoms with van der Waals surface area (Å²) in [5, 5.41) is 44.1. The quantitative estimate of drug-likeness (QED) is 0.159. The van der Waals surface area contributed by atoms with E-state index in [9.17, 15) is 29.8 Å². The van der Waals surface area contributed by atoms with Crippen LogP contribution in [0.25, 0.3) is 0 Å². The lowest BCUT2D eigenvalue weighted by Gasteiger charge is -2.45. The molecule has 0 unspecified atom stereocenters. The van der Waals surface area contributed by atoms with Crippen LogP contribution in [-0.2, 0) is 18.7 Å². The Labute approximate surface area is 312 Å². The van der Waals surface area contributed by atoms with E-state index < -0.39 is 52.3 Å². The minimum atomic E-state index is -3.03. The highest BCUT2D eigenvalue weighted by atomic mass is 28.4. The first-order valence-corrected chi connectivity index (χ1v) is 20.1. The number of hydrogen-bond acceptors (Lipinski definition) is 8. The van der Waals surface area contributed by atoms with E-state index in [-0.39, 0.29) is 40.9 Å². The number of aromatic hydroxyl groups is 1. The number of phenols is 1. The van der Waals surface area contributed by atoms with Gasteiger partial charge >= 0.3 is 14.2 Å². The number of fused-ring (bicyclic) bond motifs is 3. The Kier molecular flexibility index (Phi) is 9.90. The molecule has 2 saturated heterocycles. The van der Waals surface area contributed by atoms with Crippen LogP contribution in [-0.4, -0.2) is 61.2 Å². The maximum Gasteiger partial charge on any atom is 0.488 e. The molecule has 0 aromatic heterocycles.